The van der Waals surface area contributed by atoms with Crippen molar-refractivity contribution in [1.82, 2.24) is 15.5 Å². The third kappa shape index (κ3) is 7.56. The normalized spacial score (nSPS) is 16.3. The summed E-state index contributed by atoms with van der Waals surface area (Å²) in [6.45, 7) is 7.35. The van der Waals surface area contributed by atoms with Crippen LogP contribution in [-0.2, 0) is 11.3 Å². The van der Waals surface area contributed by atoms with Crippen LogP contribution in [0, 0.1) is 0 Å². The summed E-state index contributed by atoms with van der Waals surface area (Å²) in [5.41, 5.74) is 0.754. The number of morpholine rings is 1. The second-order valence-corrected chi connectivity index (χ2v) is 7.58. The van der Waals surface area contributed by atoms with E-state index in [1.807, 2.05) is 0 Å². The number of rotatable bonds is 8. The van der Waals surface area contributed by atoms with E-state index in [4.69, 9.17) is 14.2 Å². The van der Waals surface area contributed by atoms with Gasteiger partial charge in [0.2, 0.25) is 0 Å². The Labute approximate surface area is 175 Å². The summed E-state index contributed by atoms with van der Waals surface area (Å²) in [7, 11) is 3.08. The molecule has 0 aliphatic carbocycles. The van der Waals surface area contributed by atoms with Gasteiger partial charge in [-0.2, -0.15) is 13.2 Å². The van der Waals surface area contributed by atoms with Gasteiger partial charge in [0, 0.05) is 38.8 Å². The van der Waals surface area contributed by atoms with Crippen LogP contribution in [-0.4, -0.2) is 76.2 Å². The van der Waals surface area contributed by atoms with Crippen molar-refractivity contribution >= 4 is 5.96 Å². The second kappa shape index (κ2) is 10.7. The standard InChI is InChI=1S/C20H31F3N4O3/c1-19(2,27-7-9-29-10-8-27)13-26-18(24-3)25-12-15-5-6-16(17(11-15)28-4)30-14-20(21,22)23/h5-6,11H,7-10,12-14H2,1-4H3,(H2,24,25,26). The van der Waals surface area contributed by atoms with Crippen molar-refractivity contribution in [2.24, 2.45) is 4.99 Å². The summed E-state index contributed by atoms with van der Waals surface area (Å²) in [6.07, 6.45) is -4.40. The Morgan fingerprint density at radius 1 is 1.17 bits per heavy atom. The molecular formula is C20H31F3N4O3. The largest absolute Gasteiger partial charge is 0.493 e. The van der Waals surface area contributed by atoms with Crippen LogP contribution in [0.2, 0.25) is 0 Å². The summed E-state index contributed by atoms with van der Waals surface area (Å²) in [5.74, 6) is 0.927. The molecule has 0 bridgehead atoms. The first-order valence-electron chi connectivity index (χ1n) is 9.78. The lowest BCUT2D eigenvalue weighted by Gasteiger charge is -2.41. The molecule has 1 aromatic rings. The van der Waals surface area contributed by atoms with E-state index in [1.54, 1.807) is 19.2 Å². The summed E-state index contributed by atoms with van der Waals surface area (Å²) in [4.78, 5) is 6.61. The highest BCUT2D eigenvalue weighted by Crippen LogP contribution is 2.29. The molecule has 30 heavy (non-hydrogen) atoms. The van der Waals surface area contributed by atoms with Gasteiger partial charge in [-0.3, -0.25) is 9.89 Å². The fourth-order valence-electron chi connectivity index (χ4n) is 3.09. The number of benzene rings is 1. The number of guanidine groups is 1. The van der Waals surface area contributed by atoms with Crippen molar-refractivity contribution in [2.75, 3.05) is 53.6 Å². The molecule has 0 unspecified atom stereocenters. The van der Waals surface area contributed by atoms with Crippen LogP contribution in [0.3, 0.4) is 0 Å². The van der Waals surface area contributed by atoms with Crippen molar-refractivity contribution in [3.05, 3.63) is 23.8 Å². The Morgan fingerprint density at radius 3 is 2.47 bits per heavy atom. The molecule has 0 amide bonds. The highest BCUT2D eigenvalue weighted by molar-refractivity contribution is 5.79. The SMILES string of the molecule is CN=C(NCc1ccc(OCC(F)(F)F)c(OC)c1)NCC(C)(C)N1CCOCC1. The van der Waals surface area contributed by atoms with Crippen LogP contribution < -0.4 is 20.1 Å². The van der Waals surface area contributed by atoms with Crippen LogP contribution in [0.5, 0.6) is 11.5 Å². The molecule has 1 fully saturated rings. The van der Waals surface area contributed by atoms with Gasteiger partial charge in [-0.05, 0) is 31.5 Å². The van der Waals surface area contributed by atoms with Gasteiger partial charge in [0.05, 0.1) is 20.3 Å². The maximum absolute atomic E-state index is 12.4. The quantitative estimate of drug-likeness (QED) is 0.486. The number of methoxy groups -OCH3 is 1. The predicted octanol–water partition coefficient (Wildman–Crippen LogP) is 2.41. The molecule has 0 atom stereocenters. The van der Waals surface area contributed by atoms with Gasteiger partial charge in [0.1, 0.15) is 0 Å². The first kappa shape index (κ1) is 24.1. The van der Waals surface area contributed by atoms with E-state index in [2.05, 4.69) is 34.4 Å². The number of halogens is 3. The lowest BCUT2D eigenvalue weighted by Crippen LogP contribution is -2.56. The van der Waals surface area contributed by atoms with Gasteiger partial charge in [-0.15, -0.1) is 0 Å². The van der Waals surface area contributed by atoms with E-state index in [-0.39, 0.29) is 17.0 Å². The fraction of sp³-hybridized carbons (Fsp3) is 0.650. The molecule has 1 aliphatic rings. The van der Waals surface area contributed by atoms with Crippen molar-refractivity contribution in [1.29, 1.82) is 0 Å². The Bertz CT molecular complexity index is 705. The minimum atomic E-state index is -4.40. The minimum absolute atomic E-state index is 0.0494. The molecule has 2 rings (SSSR count). The molecular weight excluding hydrogens is 401 g/mol. The number of hydrogen-bond donors (Lipinski definition) is 2. The zero-order valence-electron chi connectivity index (χ0n) is 17.9. The maximum Gasteiger partial charge on any atom is 0.422 e. The smallest absolute Gasteiger partial charge is 0.422 e. The average molecular weight is 432 g/mol. The van der Waals surface area contributed by atoms with E-state index in [9.17, 15) is 13.2 Å². The molecule has 0 radical (unpaired) electrons. The Hall–Kier alpha value is -2.20. The van der Waals surface area contributed by atoms with E-state index in [0.29, 0.717) is 19.0 Å². The Kier molecular flexibility index (Phi) is 8.60. The van der Waals surface area contributed by atoms with Crippen LogP contribution >= 0.6 is 0 Å². The van der Waals surface area contributed by atoms with Gasteiger partial charge in [-0.1, -0.05) is 6.07 Å². The molecule has 10 heteroatoms. The van der Waals surface area contributed by atoms with E-state index < -0.39 is 12.8 Å². The summed E-state index contributed by atoms with van der Waals surface area (Å²) in [5, 5.41) is 6.54. The molecule has 1 saturated heterocycles. The third-order valence-corrected chi connectivity index (χ3v) is 4.86. The van der Waals surface area contributed by atoms with Crippen molar-refractivity contribution in [2.45, 2.75) is 32.1 Å². The van der Waals surface area contributed by atoms with Crippen LogP contribution in [0.4, 0.5) is 13.2 Å². The highest BCUT2D eigenvalue weighted by atomic mass is 19.4. The fourth-order valence-corrected chi connectivity index (χ4v) is 3.09. The highest BCUT2D eigenvalue weighted by Gasteiger charge is 2.29. The predicted molar refractivity (Wildman–Crippen MR) is 109 cm³/mol. The monoisotopic (exact) mass is 432 g/mol. The first-order chi connectivity index (χ1) is 14.1. The molecule has 1 aliphatic heterocycles. The Balaban J connectivity index is 1.89. The molecule has 0 spiro atoms. The first-order valence-corrected chi connectivity index (χ1v) is 9.78. The van der Waals surface area contributed by atoms with Crippen LogP contribution in [0.25, 0.3) is 0 Å². The van der Waals surface area contributed by atoms with Gasteiger partial charge >= 0.3 is 6.18 Å². The summed E-state index contributed by atoms with van der Waals surface area (Å²) in [6, 6.07) is 4.80. The number of alkyl halides is 3. The lowest BCUT2D eigenvalue weighted by molar-refractivity contribution is -0.153. The molecule has 1 heterocycles. The second-order valence-electron chi connectivity index (χ2n) is 7.58. The number of aliphatic imine (C=N–C) groups is 1. The van der Waals surface area contributed by atoms with E-state index in [0.717, 1.165) is 31.9 Å². The van der Waals surface area contributed by atoms with Crippen molar-refractivity contribution < 1.29 is 27.4 Å². The zero-order valence-corrected chi connectivity index (χ0v) is 17.9. The van der Waals surface area contributed by atoms with Gasteiger partial charge < -0.3 is 24.8 Å². The average Bonchev–Trinajstić information content (AvgIpc) is 2.72. The van der Waals surface area contributed by atoms with Gasteiger partial charge in [-0.25, -0.2) is 0 Å². The number of hydrogen-bond acceptors (Lipinski definition) is 5. The van der Waals surface area contributed by atoms with Gasteiger partial charge in [0.25, 0.3) is 0 Å². The topological polar surface area (TPSA) is 67.4 Å². The van der Waals surface area contributed by atoms with E-state index >= 15 is 0 Å². The molecule has 0 saturated carbocycles. The minimum Gasteiger partial charge on any atom is -0.493 e. The summed E-state index contributed by atoms with van der Waals surface area (Å²) < 4.78 is 52.5. The van der Waals surface area contributed by atoms with Gasteiger partial charge in [0.15, 0.2) is 24.1 Å². The zero-order chi connectivity index (χ0) is 22.2. The Morgan fingerprint density at radius 2 is 1.87 bits per heavy atom. The van der Waals surface area contributed by atoms with Crippen LogP contribution in [0.1, 0.15) is 19.4 Å². The number of nitrogens with zero attached hydrogens (tertiary/aromatic N) is 2. The molecule has 1 aromatic carbocycles. The summed E-state index contributed by atoms with van der Waals surface area (Å²) >= 11 is 0. The third-order valence-electron chi connectivity index (χ3n) is 4.86. The van der Waals surface area contributed by atoms with Crippen molar-refractivity contribution in [3.63, 3.8) is 0 Å². The number of ether oxygens (including phenoxy) is 3. The lowest BCUT2D eigenvalue weighted by atomic mass is 10.0. The number of nitrogens with one attached hydrogen (secondary N) is 2. The van der Waals surface area contributed by atoms with Crippen molar-refractivity contribution in [3.8, 4) is 11.5 Å². The molecule has 0 aromatic heterocycles. The molecule has 7 nitrogen and oxygen atoms in total. The molecule has 2 N–H and O–H groups in total. The van der Waals surface area contributed by atoms with Crippen LogP contribution in [0.15, 0.2) is 23.2 Å². The maximum atomic E-state index is 12.4. The molecule has 170 valence electrons. The van der Waals surface area contributed by atoms with E-state index in [1.165, 1.54) is 13.2 Å².